The van der Waals surface area contributed by atoms with Crippen LogP contribution >= 0.6 is 11.8 Å². The van der Waals surface area contributed by atoms with Gasteiger partial charge in [0, 0.05) is 17.7 Å². The van der Waals surface area contributed by atoms with Gasteiger partial charge in [-0.3, -0.25) is 4.79 Å². The number of nitrogens with zero attached hydrogens (tertiary/aromatic N) is 4. The summed E-state index contributed by atoms with van der Waals surface area (Å²) < 4.78 is 7.50. The van der Waals surface area contributed by atoms with Crippen LogP contribution in [-0.4, -0.2) is 31.1 Å². The Morgan fingerprint density at radius 2 is 1.85 bits per heavy atom. The highest BCUT2D eigenvalue weighted by Gasteiger charge is 2.20. The molecule has 0 aliphatic heterocycles. The Morgan fingerprint density at radius 3 is 2.52 bits per heavy atom. The summed E-state index contributed by atoms with van der Waals surface area (Å²) in [5.74, 6) is 0.979. The summed E-state index contributed by atoms with van der Waals surface area (Å²) in [7, 11) is 0. The van der Waals surface area contributed by atoms with E-state index >= 15 is 0 Å². The quantitative estimate of drug-likeness (QED) is 0.639. The van der Waals surface area contributed by atoms with Gasteiger partial charge in [-0.05, 0) is 46.8 Å². The molecule has 0 radical (unpaired) electrons. The maximum absolute atomic E-state index is 12.5. The van der Waals surface area contributed by atoms with E-state index in [9.17, 15) is 4.79 Å². The molecule has 2 heterocycles. The number of amides is 1. The van der Waals surface area contributed by atoms with Crippen molar-refractivity contribution < 1.29 is 9.21 Å². The van der Waals surface area contributed by atoms with E-state index < -0.39 is 5.25 Å². The van der Waals surface area contributed by atoms with Crippen molar-refractivity contribution in [3.05, 3.63) is 41.6 Å². The zero-order chi connectivity index (χ0) is 19.6. The molecule has 0 saturated carbocycles. The van der Waals surface area contributed by atoms with Crippen LogP contribution in [0.1, 0.15) is 37.9 Å². The maximum Gasteiger partial charge on any atom is 0.277 e. The summed E-state index contributed by atoms with van der Waals surface area (Å²) in [6, 6.07) is 8.02. The summed E-state index contributed by atoms with van der Waals surface area (Å²) in [6.45, 7) is 9.87. The van der Waals surface area contributed by atoms with E-state index in [1.165, 1.54) is 11.8 Å². The summed E-state index contributed by atoms with van der Waals surface area (Å²) >= 11 is 1.23. The fourth-order valence-electron chi connectivity index (χ4n) is 2.73. The van der Waals surface area contributed by atoms with Crippen molar-refractivity contribution in [2.45, 2.75) is 51.1 Å². The second-order valence-corrected chi connectivity index (χ2v) is 8.05. The fourth-order valence-corrected chi connectivity index (χ4v) is 3.41. The molecule has 1 atom stereocenters. The Labute approximate surface area is 162 Å². The number of benzene rings is 1. The highest BCUT2D eigenvalue weighted by atomic mass is 32.2. The number of aromatic nitrogens is 4. The summed E-state index contributed by atoms with van der Waals surface area (Å²) in [5.41, 5.74) is 3.14. The van der Waals surface area contributed by atoms with Gasteiger partial charge in [-0.2, -0.15) is 5.10 Å². The third-order valence-corrected chi connectivity index (χ3v) is 4.87. The maximum atomic E-state index is 12.5. The molecule has 2 aromatic heterocycles. The molecule has 0 aliphatic carbocycles. The Hall–Kier alpha value is -2.61. The molecule has 0 spiro atoms. The van der Waals surface area contributed by atoms with Crippen LogP contribution in [-0.2, 0) is 4.79 Å². The first-order valence-corrected chi connectivity index (χ1v) is 9.64. The Morgan fingerprint density at radius 1 is 1.15 bits per heavy atom. The minimum Gasteiger partial charge on any atom is -0.411 e. The number of nitrogens with one attached hydrogen (secondary N) is 1. The van der Waals surface area contributed by atoms with Crippen LogP contribution in [0.2, 0.25) is 0 Å². The van der Waals surface area contributed by atoms with Crippen LogP contribution in [0.4, 0.5) is 5.82 Å². The highest BCUT2D eigenvalue weighted by Crippen LogP contribution is 2.28. The molecule has 8 heteroatoms. The summed E-state index contributed by atoms with van der Waals surface area (Å²) in [5, 5.41) is 15.3. The molecule has 27 heavy (non-hydrogen) atoms. The van der Waals surface area contributed by atoms with E-state index in [1.807, 2.05) is 39.8 Å². The molecule has 1 amide bonds. The van der Waals surface area contributed by atoms with Crippen LogP contribution in [0.3, 0.4) is 0 Å². The molecule has 3 aromatic rings. The molecule has 3 rings (SSSR count). The first-order valence-electron chi connectivity index (χ1n) is 8.76. The average Bonchev–Trinajstić information content (AvgIpc) is 3.23. The van der Waals surface area contributed by atoms with Crippen molar-refractivity contribution >= 4 is 23.5 Å². The number of thioether (sulfide) groups is 1. The molecule has 7 nitrogen and oxygen atoms in total. The van der Waals surface area contributed by atoms with Gasteiger partial charge in [0.1, 0.15) is 5.82 Å². The van der Waals surface area contributed by atoms with Crippen molar-refractivity contribution in [3.63, 3.8) is 0 Å². The predicted octanol–water partition coefficient (Wildman–Crippen LogP) is 4.25. The van der Waals surface area contributed by atoms with E-state index in [4.69, 9.17) is 4.42 Å². The van der Waals surface area contributed by atoms with E-state index in [0.717, 1.165) is 16.7 Å². The SMILES string of the molecule is Cc1cc(C)cc(-c2nnc(SC(C)C(=O)Nc3ccnn3C(C)C)o2)c1. The lowest BCUT2D eigenvalue weighted by atomic mass is 10.1. The molecular formula is C19H23N5O2S. The lowest BCUT2D eigenvalue weighted by Gasteiger charge is -2.13. The number of anilines is 1. The van der Waals surface area contributed by atoms with Crippen molar-refractivity contribution in [1.82, 2.24) is 20.0 Å². The first kappa shape index (κ1) is 19.2. The average molecular weight is 385 g/mol. The van der Waals surface area contributed by atoms with Crippen LogP contribution in [0.5, 0.6) is 0 Å². The molecule has 0 fully saturated rings. The van der Waals surface area contributed by atoms with Gasteiger partial charge in [0.15, 0.2) is 0 Å². The Kier molecular flexibility index (Phi) is 5.65. The zero-order valence-electron chi connectivity index (χ0n) is 16.1. The summed E-state index contributed by atoms with van der Waals surface area (Å²) in [6.07, 6.45) is 1.67. The molecular weight excluding hydrogens is 362 g/mol. The van der Waals surface area contributed by atoms with Gasteiger partial charge in [-0.1, -0.05) is 29.0 Å². The highest BCUT2D eigenvalue weighted by molar-refractivity contribution is 8.00. The van der Waals surface area contributed by atoms with E-state index in [1.54, 1.807) is 23.9 Å². The van der Waals surface area contributed by atoms with Crippen molar-refractivity contribution in [2.75, 3.05) is 5.32 Å². The number of hydrogen-bond donors (Lipinski definition) is 1. The van der Waals surface area contributed by atoms with E-state index in [0.29, 0.717) is 16.9 Å². The molecule has 1 aromatic carbocycles. The Balaban J connectivity index is 1.67. The fraction of sp³-hybridized carbons (Fsp3) is 0.368. The predicted molar refractivity (Wildman–Crippen MR) is 106 cm³/mol. The van der Waals surface area contributed by atoms with E-state index in [-0.39, 0.29) is 11.9 Å². The third kappa shape index (κ3) is 4.57. The van der Waals surface area contributed by atoms with Crippen molar-refractivity contribution in [2.24, 2.45) is 0 Å². The van der Waals surface area contributed by atoms with Gasteiger partial charge in [0.25, 0.3) is 5.22 Å². The molecule has 142 valence electrons. The summed E-state index contributed by atoms with van der Waals surface area (Å²) in [4.78, 5) is 12.5. The van der Waals surface area contributed by atoms with Gasteiger partial charge in [-0.25, -0.2) is 4.68 Å². The van der Waals surface area contributed by atoms with Gasteiger partial charge in [-0.15, -0.1) is 10.2 Å². The topological polar surface area (TPSA) is 85.8 Å². The van der Waals surface area contributed by atoms with E-state index in [2.05, 4.69) is 26.7 Å². The number of carbonyl (C=O) groups excluding carboxylic acids is 1. The largest absolute Gasteiger partial charge is 0.411 e. The van der Waals surface area contributed by atoms with Gasteiger partial charge >= 0.3 is 0 Å². The monoisotopic (exact) mass is 385 g/mol. The van der Waals surface area contributed by atoms with Crippen molar-refractivity contribution in [3.8, 4) is 11.5 Å². The normalized spacial score (nSPS) is 12.4. The Bertz CT molecular complexity index is 927. The number of rotatable bonds is 6. The first-order chi connectivity index (χ1) is 12.8. The molecule has 1 N–H and O–H groups in total. The molecule has 0 saturated heterocycles. The minimum absolute atomic E-state index is 0.145. The van der Waals surface area contributed by atoms with Gasteiger partial charge < -0.3 is 9.73 Å². The third-order valence-electron chi connectivity index (χ3n) is 3.93. The van der Waals surface area contributed by atoms with Crippen LogP contribution in [0, 0.1) is 13.8 Å². The lowest BCUT2D eigenvalue weighted by Crippen LogP contribution is -2.24. The van der Waals surface area contributed by atoms with Crippen molar-refractivity contribution in [1.29, 1.82) is 0 Å². The lowest BCUT2D eigenvalue weighted by molar-refractivity contribution is -0.115. The number of hydrogen-bond acceptors (Lipinski definition) is 6. The number of aryl methyl sites for hydroxylation is 2. The minimum atomic E-state index is -0.395. The number of carbonyl (C=O) groups is 1. The zero-order valence-corrected chi connectivity index (χ0v) is 16.9. The molecule has 0 bridgehead atoms. The van der Waals surface area contributed by atoms with Crippen LogP contribution in [0.25, 0.3) is 11.5 Å². The second kappa shape index (κ2) is 7.96. The van der Waals surface area contributed by atoms with Crippen LogP contribution in [0.15, 0.2) is 40.1 Å². The molecule has 0 aliphatic rings. The van der Waals surface area contributed by atoms with Gasteiger partial charge in [0.2, 0.25) is 11.8 Å². The standard InChI is InChI=1S/C19H23N5O2S/c1-11(2)24-16(6-7-20-24)21-17(25)14(5)27-19-23-22-18(26-19)15-9-12(3)8-13(4)10-15/h6-11,14H,1-5H3,(H,21,25). The smallest absolute Gasteiger partial charge is 0.277 e. The van der Waals surface area contributed by atoms with Crippen LogP contribution < -0.4 is 5.32 Å². The second-order valence-electron chi connectivity index (χ2n) is 6.75. The van der Waals surface area contributed by atoms with Gasteiger partial charge in [0.05, 0.1) is 11.4 Å². The molecule has 1 unspecified atom stereocenters.